The number of nitrogens with zero attached hydrogens (tertiary/aromatic N) is 4. The number of piperazine rings is 1. The van der Waals surface area contributed by atoms with Crippen molar-refractivity contribution < 1.29 is 33.5 Å². The van der Waals surface area contributed by atoms with E-state index in [0.717, 1.165) is 18.4 Å². The second kappa shape index (κ2) is 17.1. The molecule has 0 aliphatic carbocycles. The van der Waals surface area contributed by atoms with Gasteiger partial charge >= 0.3 is 13.7 Å². The van der Waals surface area contributed by atoms with Crippen LogP contribution in [0.2, 0.25) is 0 Å². The summed E-state index contributed by atoms with van der Waals surface area (Å²) in [5, 5.41) is 2.54. The third-order valence-corrected chi connectivity index (χ3v) is 8.52. The molecule has 0 saturated carbocycles. The van der Waals surface area contributed by atoms with Crippen LogP contribution in [-0.4, -0.2) is 98.9 Å². The van der Waals surface area contributed by atoms with Crippen LogP contribution in [0.4, 0.5) is 4.79 Å². The van der Waals surface area contributed by atoms with Gasteiger partial charge in [-0.25, -0.2) is 14.8 Å². The lowest BCUT2D eigenvalue weighted by Gasteiger charge is -2.34. The van der Waals surface area contributed by atoms with Gasteiger partial charge in [-0.15, -0.1) is 0 Å². The number of Topliss-reactive ketones (excluding diaryl/α,β-unsaturated/α-hetero) is 1. The molecular weight excluding hydrogens is 609 g/mol. The van der Waals surface area contributed by atoms with Crippen molar-refractivity contribution >= 4 is 25.4 Å². The number of benzene rings is 2. The zero-order chi connectivity index (χ0) is 32.9. The molecule has 4 rings (SSSR count). The first-order chi connectivity index (χ1) is 22.1. The number of ether oxygens (including phenoxy) is 1. The van der Waals surface area contributed by atoms with Crippen molar-refractivity contribution in [1.82, 2.24) is 25.1 Å². The van der Waals surface area contributed by atoms with Crippen molar-refractivity contribution in [1.29, 1.82) is 0 Å². The minimum absolute atomic E-state index is 0.0235. The molecule has 1 fully saturated rings. The largest absolute Gasteiger partial charge is 0.449 e. The quantitative estimate of drug-likeness (QED) is 0.159. The first-order valence-electron chi connectivity index (χ1n) is 15.6. The molecule has 0 unspecified atom stereocenters. The molecule has 1 saturated heterocycles. The van der Waals surface area contributed by atoms with Gasteiger partial charge < -0.3 is 24.7 Å². The average Bonchev–Trinajstić information content (AvgIpc) is 3.06. The van der Waals surface area contributed by atoms with E-state index in [4.69, 9.17) is 4.74 Å². The number of amides is 2. The third-order valence-electron chi connectivity index (χ3n) is 7.68. The van der Waals surface area contributed by atoms with Gasteiger partial charge in [0.15, 0.2) is 11.6 Å². The predicted molar refractivity (Wildman–Crippen MR) is 174 cm³/mol. The number of unbranched alkanes of at least 4 members (excludes halogenated alkanes) is 2. The van der Waals surface area contributed by atoms with Crippen LogP contribution in [0, 0.1) is 0 Å². The maximum atomic E-state index is 13.4. The van der Waals surface area contributed by atoms with E-state index in [0.29, 0.717) is 69.3 Å². The molecule has 1 atom stereocenters. The van der Waals surface area contributed by atoms with Crippen LogP contribution in [0.1, 0.15) is 49.5 Å². The molecule has 3 aromatic rings. The lowest BCUT2D eigenvalue weighted by molar-refractivity contribution is -0.120. The number of hydrogen-bond acceptors (Lipinski definition) is 8. The summed E-state index contributed by atoms with van der Waals surface area (Å²) in [6.07, 6.45) is 1.91. The van der Waals surface area contributed by atoms with Crippen LogP contribution < -0.4 is 5.32 Å². The molecule has 0 bridgehead atoms. The van der Waals surface area contributed by atoms with Gasteiger partial charge in [0, 0.05) is 43.7 Å². The summed E-state index contributed by atoms with van der Waals surface area (Å²) in [7, 11) is -4.64. The molecule has 1 aromatic heterocycles. The average molecular weight is 652 g/mol. The van der Waals surface area contributed by atoms with E-state index < -0.39 is 31.5 Å². The lowest BCUT2D eigenvalue weighted by Crippen LogP contribution is -2.49. The van der Waals surface area contributed by atoms with E-state index in [1.165, 1.54) is 6.07 Å². The van der Waals surface area contributed by atoms with Gasteiger partial charge in [-0.1, -0.05) is 74.0 Å². The molecule has 0 spiro atoms. The molecule has 2 aromatic carbocycles. The SMILES string of the molecule is CCCCOC(=O)N1CCN(CCCCC(=O)[C@H](CP(=O)(O)O)NC(=O)c2cc(-c3ccccc3)nc(-c3ccccc3)n2)CC1. The highest BCUT2D eigenvalue weighted by Crippen LogP contribution is 2.35. The Labute approximate surface area is 269 Å². The summed E-state index contributed by atoms with van der Waals surface area (Å²) >= 11 is 0. The highest BCUT2D eigenvalue weighted by molar-refractivity contribution is 7.51. The van der Waals surface area contributed by atoms with E-state index >= 15 is 0 Å². The van der Waals surface area contributed by atoms with Gasteiger partial charge in [0.05, 0.1) is 24.5 Å². The number of aromatic nitrogens is 2. The summed E-state index contributed by atoms with van der Waals surface area (Å²) < 4.78 is 17.2. The number of hydrogen-bond donors (Lipinski definition) is 3. The van der Waals surface area contributed by atoms with Crippen LogP contribution in [0.5, 0.6) is 0 Å². The number of carbonyl (C=O) groups excluding carboxylic acids is 3. The maximum Gasteiger partial charge on any atom is 0.409 e. The zero-order valence-corrected chi connectivity index (χ0v) is 27.0. The number of nitrogens with one attached hydrogen (secondary N) is 1. The van der Waals surface area contributed by atoms with Crippen LogP contribution in [-0.2, 0) is 14.1 Å². The number of ketones is 1. The summed E-state index contributed by atoms with van der Waals surface area (Å²) in [5.41, 5.74) is 1.91. The molecule has 1 aliphatic heterocycles. The summed E-state index contributed by atoms with van der Waals surface area (Å²) in [4.78, 5) is 71.2. The maximum absolute atomic E-state index is 13.4. The Morgan fingerprint density at radius 1 is 0.913 bits per heavy atom. The van der Waals surface area contributed by atoms with Crippen LogP contribution in [0.3, 0.4) is 0 Å². The third kappa shape index (κ3) is 10.8. The van der Waals surface area contributed by atoms with Gasteiger partial charge in [-0.3, -0.25) is 19.1 Å². The Bertz CT molecular complexity index is 1440. The molecule has 13 heteroatoms. The van der Waals surface area contributed by atoms with E-state index in [1.54, 1.807) is 4.90 Å². The van der Waals surface area contributed by atoms with Crippen molar-refractivity contribution in [3.05, 3.63) is 72.4 Å². The molecular formula is C33H42N5O7P. The van der Waals surface area contributed by atoms with Crippen LogP contribution >= 0.6 is 7.60 Å². The Morgan fingerprint density at radius 2 is 1.57 bits per heavy atom. The zero-order valence-electron chi connectivity index (χ0n) is 26.1. The second-order valence-electron chi connectivity index (χ2n) is 11.3. The Kier molecular flexibility index (Phi) is 13.0. The smallest absolute Gasteiger partial charge is 0.409 e. The fourth-order valence-corrected chi connectivity index (χ4v) is 5.86. The molecule has 12 nitrogen and oxygen atoms in total. The topological polar surface area (TPSA) is 162 Å². The van der Waals surface area contributed by atoms with E-state index in [-0.39, 0.29) is 18.2 Å². The highest BCUT2D eigenvalue weighted by atomic mass is 31.2. The van der Waals surface area contributed by atoms with Gasteiger partial charge in [0.2, 0.25) is 0 Å². The summed E-state index contributed by atoms with van der Waals surface area (Å²) in [5.74, 6) is -0.884. The highest BCUT2D eigenvalue weighted by Gasteiger charge is 2.30. The molecule has 46 heavy (non-hydrogen) atoms. The van der Waals surface area contributed by atoms with Crippen LogP contribution in [0.15, 0.2) is 66.7 Å². The second-order valence-corrected chi connectivity index (χ2v) is 13.0. The minimum atomic E-state index is -4.64. The molecule has 2 heterocycles. The van der Waals surface area contributed by atoms with Gasteiger partial charge in [-0.05, 0) is 31.9 Å². The molecule has 0 radical (unpaired) electrons. The molecule has 1 aliphatic rings. The van der Waals surface area contributed by atoms with Crippen molar-refractivity contribution in [2.75, 3.05) is 45.5 Å². The lowest BCUT2D eigenvalue weighted by atomic mass is 10.1. The number of rotatable bonds is 15. The van der Waals surface area contributed by atoms with Crippen LogP contribution in [0.25, 0.3) is 22.6 Å². The summed E-state index contributed by atoms with van der Waals surface area (Å²) in [6.45, 7) is 5.72. The van der Waals surface area contributed by atoms with Crippen molar-refractivity contribution in [2.45, 2.75) is 45.1 Å². The fourth-order valence-electron chi connectivity index (χ4n) is 5.09. The Morgan fingerprint density at radius 3 is 2.20 bits per heavy atom. The number of carbonyl (C=O) groups is 3. The predicted octanol–water partition coefficient (Wildman–Crippen LogP) is 4.38. The Balaban J connectivity index is 1.36. The molecule has 3 N–H and O–H groups in total. The summed E-state index contributed by atoms with van der Waals surface area (Å²) in [6, 6.07) is 18.5. The molecule has 2 amide bonds. The first-order valence-corrected chi connectivity index (χ1v) is 17.4. The van der Waals surface area contributed by atoms with E-state index in [9.17, 15) is 28.7 Å². The van der Waals surface area contributed by atoms with Crippen molar-refractivity contribution in [2.24, 2.45) is 0 Å². The van der Waals surface area contributed by atoms with Gasteiger partial charge in [0.1, 0.15) is 5.69 Å². The van der Waals surface area contributed by atoms with Crippen molar-refractivity contribution in [3.8, 4) is 22.6 Å². The Hall–Kier alpha value is -3.96. The first kappa shape index (κ1) is 34.9. The van der Waals surface area contributed by atoms with E-state index in [1.807, 2.05) is 67.6 Å². The molecule has 246 valence electrons. The van der Waals surface area contributed by atoms with Gasteiger partial charge in [-0.2, -0.15) is 0 Å². The van der Waals surface area contributed by atoms with Crippen molar-refractivity contribution in [3.63, 3.8) is 0 Å². The standard InChI is InChI=1S/C33H42N5O7P/c1-2-3-22-45-33(41)38-20-18-37(19-21-38)17-11-10-16-30(39)29(24-46(42,43)44)36-32(40)28-23-27(25-12-6-4-7-13-25)34-31(35-28)26-14-8-5-9-15-26/h4-9,12-15,23,29H,2-3,10-11,16-22,24H2,1H3,(H,36,40)(H2,42,43,44)/t29-/m0/s1. The monoisotopic (exact) mass is 651 g/mol. The van der Waals surface area contributed by atoms with Gasteiger partial charge in [0.25, 0.3) is 5.91 Å². The fraction of sp³-hybridized carbons (Fsp3) is 0.424. The normalized spacial score (nSPS) is 14.5. The van der Waals surface area contributed by atoms with E-state index in [2.05, 4.69) is 20.2 Å². The minimum Gasteiger partial charge on any atom is -0.449 e.